The molecule has 0 aliphatic rings. The number of rotatable bonds is 8. The molecule has 0 amide bonds. The number of hydrogen-bond acceptors (Lipinski definition) is 9. The van der Waals surface area contributed by atoms with Crippen molar-refractivity contribution in [3.63, 3.8) is 0 Å². The van der Waals surface area contributed by atoms with E-state index < -0.39 is 11.9 Å². The molecule has 0 aliphatic heterocycles. The number of Topliss-reactive ketones (excluding diaryl/α,β-unsaturated/α-hetero) is 1. The second-order valence-electron chi connectivity index (χ2n) is 6.61. The van der Waals surface area contributed by atoms with Crippen LogP contribution in [-0.4, -0.2) is 39.1 Å². The van der Waals surface area contributed by atoms with Crippen molar-refractivity contribution in [2.24, 2.45) is 0 Å². The van der Waals surface area contributed by atoms with Crippen molar-refractivity contribution in [2.45, 2.75) is 24.8 Å². The van der Waals surface area contributed by atoms with Crippen LogP contribution < -0.4 is 0 Å². The number of para-hydroxylation sites is 1. The van der Waals surface area contributed by atoms with Crippen LogP contribution in [0.1, 0.15) is 23.5 Å². The SMILES string of the molecule is CCOC(=O)[C@H](C(=O)CSc1nc(-c2ccco2)nc2ccccc12)c1nc(C)cs1. The minimum atomic E-state index is -1.04. The summed E-state index contributed by atoms with van der Waals surface area (Å²) in [6.45, 7) is 3.73. The van der Waals surface area contributed by atoms with E-state index in [1.54, 1.807) is 25.3 Å². The number of thioether (sulfide) groups is 1. The molecule has 0 saturated carbocycles. The molecule has 0 saturated heterocycles. The Labute approximate surface area is 186 Å². The largest absolute Gasteiger partial charge is 0.465 e. The molecule has 0 spiro atoms. The molecule has 0 N–H and O–H groups in total. The number of benzene rings is 1. The minimum absolute atomic E-state index is 0.0424. The van der Waals surface area contributed by atoms with Crippen LogP contribution in [0.3, 0.4) is 0 Å². The Morgan fingerprint density at radius 1 is 1.16 bits per heavy atom. The second kappa shape index (κ2) is 9.40. The first-order valence-corrected chi connectivity index (χ1v) is 11.5. The van der Waals surface area contributed by atoms with Crippen LogP contribution in [-0.2, 0) is 14.3 Å². The van der Waals surface area contributed by atoms with Gasteiger partial charge in [-0.15, -0.1) is 11.3 Å². The van der Waals surface area contributed by atoms with Gasteiger partial charge in [0.25, 0.3) is 0 Å². The smallest absolute Gasteiger partial charge is 0.323 e. The Bertz CT molecular complexity index is 1220. The second-order valence-corrected chi connectivity index (χ2v) is 8.47. The number of ether oxygens (including phenoxy) is 1. The molecule has 1 atom stereocenters. The lowest BCUT2D eigenvalue weighted by molar-refractivity contribution is -0.147. The Morgan fingerprint density at radius 3 is 2.71 bits per heavy atom. The predicted molar refractivity (Wildman–Crippen MR) is 119 cm³/mol. The van der Waals surface area contributed by atoms with Gasteiger partial charge in [-0.2, -0.15) is 0 Å². The number of furan rings is 1. The molecular formula is C22H19N3O4S2. The van der Waals surface area contributed by atoms with E-state index in [9.17, 15) is 9.59 Å². The maximum absolute atomic E-state index is 13.1. The Kier molecular flexibility index (Phi) is 6.43. The lowest BCUT2D eigenvalue weighted by atomic mass is 10.1. The maximum Gasteiger partial charge on any atom is 0.323 e. The zero-order chi connectivity index (χ0) is 21.8. The topological polar surface area (TPSA) is 95.2 Å². The summed E-state index contributed by atoms with van der Waals surface area (Å²) in [7, 11) is 0. The highest BCUT2D eigenvalue weighted by Gasteiger charge is 2.32. The fourth-order valence-electron chi connectivity index (χ4n) is 3.00. The normalized spacial score (nSPS) is 12.1. The predicted octanol–water partition coefficient (Wildman–Crippen LogP) is 4.66. The zero-order valence-corrected chi connectivity index (χ0v) is 18.5. The van der Waals surface area contributed by atoms with Gasteiger partial charge in [-0.1, -0.05) is 30.0 Å². The van der Waals surface area contributed by atoms with Crippen molar-refractivity contribution in [1.29, 1.82) is 0 Å². The van der Waals surface area contributed by atoms with E-state index in [1.807, 2.05) is 36.6 Å². The van der Waals surface area contributed by atoms with E-state index in [1.165, 1.54) is 23.1 Å². The van der Waals surface area contributed by atoms with Crippen molar-refractivity contribution in [3.8, 4) is 11.6 Å². The standard InChI is InChI=1S/C22H19N3O4S2/c1-3-28-22(27)18(21-23-13(2)11-30-21)16(26)12-31-20-14-7-4-5-8-15(14)24-19(25-20)17-9-6-10-29-17/h4-11,18H,3,12H2,1-2H3/t18-/m1/s1. The van der Waals surface area contributed by atoms with Gasteiger partial charge in [0.15, 0.2) is 23.3 Å². The molecule has 0 bridgehead atoms. The van der Waals surface area contributed by atoms with Crippen LogP contribution in [0.25, 0.3) is 22.5 Å². The van der Waals surface area contributed by atoms with E-state index in [0.717, 1.165) is 16.6 Å². The lowest BCUT2D eigenvalue weighted by Crippen LogP contribution is -2.25. The number of aryl methyl sites for hydroxylation is 1. The van der Waals surface area contributed by atoms with Gasteiger partial charge in [0.05, 0.1) is 24.1 Å². The number of ketones is 1. The number of fused-ring (bicyclic) bond motifs is 1. The number of carbonyl (C=O) groups is 2. The molecule has 0 radical (unpaired) electrons. The average Bonchev–Trinajstić information content (AvgIpc) is 3.44. The van der Waals surface area contributed by atoms with Gasteiger partial charge in [0.1, 0.15) is 10.0 Å². The molecule has 0 fully saturated rings. The fraction of sp³-hybridized carbons (Fsp3) is 0.227. The van der Waals surface area contributed by atoms with E-state index in [2.05, 4.69) is 15.0 Å². The highest BCUT2D eigenvalue weighted by atomic mass is 32.2. The van der Waals surface area contributed by atoms with E-state index in [4.69, 9.17) is 9.15 Å². The third kappa shape index (κ3) is 4.67. The van der Waals surface area contributed by atoms with Crippen LogP contribution in [0, 0.1) is 6.92 Å². The average molecular weight is 454 g/mol. The highest BCUT2D eigenvalue weighted by Crippen LogP contribution is 2.31. The highest BCUT2D eigenvalue weighted by molar-refractivity contribution is 8.00. The van der Waals surface area contributed by atoms with Gasteiger partial charge < -0.3 is 9.15 Å². The van der Waals surface area contributed by atoms with Gasteiger partial charge in [-0.25, -0.2) is 15.0 Å². The number of nitrogens with zero attached hydrogens (tertiary/aromatic N) is 3. The first-order chi connectivity index (χ1) is 15.1. The van der Waals surface area contributed by atoms with E-state index in [-0.39, 0.29) is 18.1 Å². The molecule has 0 unspecified atom stereocenters. The van der Waals surface area contributed by atoms with Gasteiger partial charge in [0, 0.05) is 16.5 Å². The third-order valence-corrected chi connectivity index (χ3v) is 6.43. The zero-order valence-electron chi connectivity index (χ0n) is 16.9. The van der Waals surface area contributed by atoms with Gasteiger partial charge in [-0.3, -0.25) is 9.59 Å². The molecule has 9 heteroatoms. The summed E-state index contributed by atoms with van der Waals surface area (Å²) in [5, 5.41) is 3.73. The molecule has 31 heavy (non-hydrogen) atoms. The van der Waals surface area contributed by atoms with Crippen LogP contribution in [0.4, 0.5) is 0 Å². The summed E-state index contributed by atoms with van der Waals surface area (Å²) in [6.07, 6.45) is 1.56. The van der Waals surface area contributed by atoms with Crippen LogP contribution in [0.5, 0.6) is 0 Å². The summed E-state index contributed by atoms with van der Waals surface area (Å²) in [5.41, 5.74) is 1.51. The number of esters is 1. The summed E-state index contributed by atoms with van der Waals surface area (Å²) in [6, 6.07) is 11.1. The van der Waals surface area contributed by atoms with Gasteiger partial charge >= 0.3 is 5.97 Å². The quantitative estimate of drug-likeness (QED) is 0.164. The van der Waals surface area contributed by atoms with Crippen molar-refractivity contribution in [3.05, 3.63) is 58.7 Å². The van der Waals surface area contributed by atoms with Crippen molar-refractivity contribution in [2.75, 3.05) is 12.4 Å². The molecule has 3 aromatic heterocycles. The lowest BCUT2D eigenvalue weighted by Gasteiger charge is -2.12. The summed E-state index contributed by atoms with van der Waals surface area (Å²) >= 11 is 2.55. The first-order valence-electron chi connectivity index (χ1n) is 9.61. The molecule has 1 aromatic carbocycles. The van der Waals surface area contributed by atoms with Crippen molar-refractivity contribution < 1.29 is 18.7 Å². The van der Waals surface area contributed by atoms with E-state index in [0.29, 0.717) is 21.6 Å². The molecular weight excluding hydrogens is 434 g/mol. The number of thiazole rings is 1. The molecule has 3 heterocycles. The summed E-state index contributed by atoms with van der Waals surface area (Å²) < 4.78 is 10.6. The Balaban J connectivity index is 1.62. The Hall–Kier alpha value is -3.04. The Morgan fingerprint density at radius 2 is 2.00 bits per heavy atom. The van der Waals surface area contributed by atoms with Gasteiger partial charge in [-0.05, 0) is 32.0 Å². The summed E-state index contributed by atoms with van der Waals surface area (Å²) in [5.74, 6) is -0.867. The molecule has 158 valence electrons. The van der Waals surface area contributed by atoms with Crippen LogP contribution in [0.2, 0.25) is 0 Å². The molecule has 7 nitrogen and oxygen atoms in total. The third-order valence-electron chi connectivity index (χ3n) is 4.39. The van der Waals surface area contributed by atoms with Crippen molar-refractivity contribution >= 4 is 45.8 Å². The molecule has 4 aromatic rings. The molecule has 0 aliphatic carbocycles. The minimum Gasteiger partial charge on any atom is -0.465 e. The van der Waals surface area contributed by atoms with Crippen LogP contribution >= 0.6 is 23.1 Å². The number of carbonyl (C=O) groups excluding carboxylic acids is 2. The monoisotopic (exact) mass is 453 g/mol. The number of aromatic nitrogens is 3. The number of hydrogen-bond donors (Lipinski definition) is 0. The maximum atomic E-state index is 13.1. The summed E-state index contributed by atoms with van der Waals surface area (Å²) in [4.78, 5) is 39.1. The fourth-order valence-corrected chi connectivity index (χ4v) is 4.83. The van der Waals surface area contributed by atoms with E-state index >= 15 is 0 Å². The van der Waals surface area contributed by atoms with Crippen LogP contribution in [0.15, 0.2) is 57.5 Å². The first kappa shape index (κ1) is 21.2. The van der Waals surface area contributed by atoms with Crippen molar-refractivity contribution in [1.82, 2.24) is 15.0 Å². The van der Waals surface area contributed by atoms with Gasteiger partial charge in [0.2, 0.25) is 0 Å². The molecule has 4 rings (SSSR count).